The summed E-state index contributed by atoms with van der Waals surface area (Å²) in [5.41, 5.74) is 0.629. The van der Waals surface area contributed by atoms with E-state index >= 15 is 0 Å². The fraction of sp³-hybridized carbons (Fsp3) is 0.615. The molecule has 1 aliphatic heterocycles. The summed E-state index contributed by atoms with van der Waals surface area (Å²) in [6.07, 6.45) is -4.51. The Labute approximate surface area is 224 Å². The van der Waals surface area contributed by atoms with E-state index in [9.17, 15) is 37.3 Å². The van der Waals surface area contributed by atoms with Crippen LogP contribution in [0.3, 0.4) is 0 Å². The van der Waals surface area contributed by atoms with Crippen molar-refractivity contribution in [3.05, 3.63) is 40.3 Å². The first-order valence-electron chi connectivity index (χ1n) is 12.8. The molecule has 1 saturated heterocycles. The lowest BCUT2D eigenvalue weighted by Crippen LogP contribution is -2.56. The summed E-state index contributed by atoms with van der Waals surface area (Å²) in [6.45, 7) is 7.37. The zero-order chi connectivity index (χ0) is 29.5. The number of carbonyl (C=O) groups is 4. The van der Waals surface area contributed by atoms with Crippen LogP contribution in [0.2, 0.25) is 0 Å². The highest BCUT2D eigenvalue weighted by molar-refractivity contribution is 5.95. The van der Waals surface area contributed by atoms with E-state index in [1.54, 1.807) is 4.90 Å². The van der Waals surface area contributed by atoms with Crippen LogP contribution in [0.4, 0.5) is 13.2 Å². The first kappa shape index (κ1) is 31.9. The maximum Gasteiger partial charge on any atom is 0.452 e. The Kier molecular flexibility index (Phi) is 11.1. The summed E-state index contributed by atoms with van der Waals surface area (Å²) < 4.78 is 39.1. The number of hydrogen-bond acceptors (Lipinski definition) is 7. The smallest absolute Gasteiger partial charge is 0.452 e. The summed E-state index contributed by atoms with van der Waals surface area (Å²) in [6, 6.07) is 1.91. The lowest BCUT2D eigenvalue weighted by atomic mass is 9.98. The second-order valence-corrected chi connectivity index (χ2v) is 10.4. The van der Waals surface area contributed by atoms with Gasteiger partial charge in [-0.2, -0.15) is 18.1 Å². The molecule has 0 saturated carbocycles. The number of rotatable bonds is 13. The Hall–Kier alpha value is -3.35. The summed E-state index contributed by atoms with van der Waals surface area (Å²) >= 11 is 0. The number of hydrogen-bond donors (Lipinski definition) is 3. The number of Topliss-reactive ketones (excluding diaryl/α,β-unsaturated/α-hetero) is 1. The van der Waals surface area contributed by atoms with E-state index in [0.717, 1.165) is 0 Å². The summed E-state index contributed by atoms with van der Waals surface area (Å²) in [5.74, 6) is -5.08. The normalized spacial score (nSPS) is 18.4. The van der Waals surface area contributed by atoms with Gasteiger partial charge in [0.1, 0.15) is 6.04 Å². The molecule has 4 atom stereocenters. The molecule has 1 heterocycles. The van der Waals surface area contributed by atoms with Crippen molar-refractivity contribution < 1.29 is 37.5 Å². The molecule has 1 aliphatic rings. The minimum atomic E-state index is -5.07. The molecule has 10 nitrogen and oxygen atoms in total. The second kappa shape index (κ2) is 13.6. The zero-order valence-electron chi connectivity index (χ0n) is 22.3. The van der Waals surface area contributed by atoms with Gasteiger partial charge in [0.15, 0.2) is 0 Å². The first-order chi connectivity index (χ1) is 18.1. The van der Waals surface area contributed by atoms with Crippen molar-refractivity contribution in [3.63, 3.8) is 0 Å². The SMILES string of the molecule is CC(C)C(CN1CCC[C@H]1C(=O)NC(C(=O)C(F)(F)F)C(C)C)NC(=O)c1ccc(C(CC(=O)O)N=O)cc1. The molecule has 0 bridgehead atoms. The molecular formula is C26H35F3N4O6. The monoisotopic (exact) mass is 556 g/mol. The molecule has 3 unspecified atom stereocenters. The van der Waals surface area contributed by atoms with E-state index in [0.29, 0.717) is 24.9 Å². The van der Waals surface area contributed by atoms with Gasteiger partial charge in [-0.1, -0.05) is 45.0 Å². The van der Waals surface area contributed by atoms with Gasteiger partial charge in [0.05, 0.1) is 18.5 Å². The molecule has 216 valence electrons. The molecule has 0 radical (unpaired) electrons. The Morgan fingerprint density at radius 2 is 1.67 bits per heavy atom. The zero-order valence-corrected chi connectivity index (χ0v) is 22.3. The van der Waals surface area contributed by atoms with Crippen LogP contribution in [0.1, 0.15) is 68.9 Å². The number of aliphatic carboxylic acids is 1. The van der Waals surface area contributed by atoms with Crippen molar-refractivity contribution in [3.8, 4) is 0 Å². The summed E-state index contributed by atoms with van der Waals surface area (Å²) in [5, 5.41) is 16.9. The highest BCUT2D eigenvalue weighted by Gasteiger charge is 2.46. The Morgan fingerprint density at radius 3 is 2.15 bits per heavy atom. The van der Waals surface area contributed by atoms with E-state index in [1.165, 1.54) is 38.1 Å². The third-order valence-corrected chi connectivity index (χ3v) is 6.80. The van der Waals surface area contributed by atoms with Gasteiger partial charge < -0.3 is 15.7 Å². The van der Waals surface area contributed by atoms with Gasteiger partial charge in [-0.3, -0.25) is 24.1 Å². The maximum absolute atomic E-state index is 13.0. The first-order valence-corrected chi connectivity index (χ1v) is 12.8. The van der Waals surface area contributed by atoms with Crippen molar-refractivity contribution in [2.45, 2.75) is 77.3 Å². The van der Waals surface area contributed by atoms with Crippen molar-refractivity contribution in [1.29, 1.82) is 0 Å². The van der Waals surface area contributed by atoms with E-state index in [-0.39, 0.29) is 18.0 Å². The van der Waals surface area contributed by atoms with Crippen LogP contribution < -0.4 is 10.6 Å². The fourth-order valence-corrected chi connectivity index (χ4v) is 4.47. The third kappa shape index (κ3) is 8.84. The molecule has 1 aromatic rings. The Balaban J connectivity index is 2.09. The number of carbonyl (C=O) groups excluding carboxylic acids is 3. The van der Waals surface area contributed by atoms with Crippen LogP contribution >= 0.6 is 0 Å². The van der Waals surface area contributed by atoms with Gasteiger partial charge in [0, 0.05) is 18.2 Å². The number of alkyl halides is 3. The van der Waals surface area contributed by atoms with E-state index < -0.39 is 66.2 Å². The molecule has 1 fully saturated rings. The molecular weight excluding hydrogens is 521 g/mol. The van der Waals surface area contributed by atoms with Crippen LogP contribution in [0.25, 0.3) is 0 Å². The standard InChI is InChI=1S/C26H35F3N4O6/c1-14(2)19(30-24(37)17-9-7-16(8-10-17)18(32-39)12-21(34)35)13-33-11-5-6-20(33)25(38)31-22(15(3)4)23(36)26(27,28)29/h7-10,14-15,18-20,22H,5-6,11-13H2,1-4H3,(H,30,37)(H,31,38)(H,34,35)/t18?,19?,20-,22?/m0/s1. The Morgan fingerprint density at radius 1 is 1.05 bits per heavy atom. The average molecular weight is 557 g/mol. The highest BCUT2D eigenvalue weighted by Crippen LogP contribution is 2.24. The minimum Gasteiger partial charge on any atom is -0.481 e. The van der Waals surface area contributed by atoms with Gasteiger partial charge >= 0.3 is 12.1 Å². The molecule has 0 aromatic heterocycles. The van der Waals surface area contributed by atoms with E-state index in [1.807, 2.05) is 13.8 Å². The van der Waals surface area contributed by atoms with E-state index in [2.05, 4.69) is 15.8 Å². The quantitative estimate of drug-likeness (QED) is 0.316. The van der Waals surface area contributed by atoms with Gasteiger partial charge in [-0.25, -0.2) is 0 Å². The number of ketones is 1. The number of benzene rings is 1. The topological polar surface area (TPSA) is 145 Å². The number of carboxylic acids is 1. The third-order valence-electron chi connectivity index (χ3n) is 6.80. The van der Waals surface area contributed by atoms with Gasteiger partial charge in [-0.05, 0) is 48.9 Å². The minimum absolute atomic E-state index is 0.0630. The van der Waals surface area contributed by atoms with Crippen molar-refractivity contribution in [2.24, 2.45) is 17.0 Å². The van der Waals surface area contributed by atoms with Gasteiger partial charge in [-0.15, -0.1) is 0 Å². The molecule has 0 spiro atoms. The predicted molar refractivity (Wildman–Crippen MR) is 136 cm³/mol. The van der Waals surface area contributed by atoms with Gasteiger partial charge in [0.2, 0.25) is 5.91 Å². The number of nitrogens with zero attached hydrogens (tertiary/aromatic N) is 2. The molecule has 1 aromatic carbocycles. The number of nitroso groups, excluding NO2 is 1. The van der Waals surface area contributed by atoms with Crippen LogP contribution in [0.15, 0.2) is 29.4 Å². The maximum atomic E-state index is 13.0. The number of amides is 2. The van der Waals surface area contributed by atoms with Gasteiger partial charge in [0.25, 0.3) is 11.7 Å². The van der Waals surface area contributed by atoms with Crippen molar-refractivity contribution in [2.75, 3.05) is 13.1 Å². The number of halogens is 3. The van der Waals surface area contributed by atoms with Crippen LogP contribution in [0.5, 0.6) is 0 Å². The number of nitrogens with one attached hydrogen (secondary N) is 2. The predicted octanol–water partition coefficient (Wildman–Crippen LogP) is 3.46. The summed E-state index contributed by atoms with van der Waals surface area (Å²) in [4.78, 5) is 61.4. The van der Waals surface area contributed by atoms with Crippen LogP contribution in [0, 0.1) is 16.7 Å². The Bertz CT molecular complexity index is 1050. The lowest BCUT2D eigenvalue weighted by molar-refractivity contribution is -0.175. The van der Waals surface area contributed by atoms with Crippen LogP contribution in [-0.2, 0) is 14.4 Å². The van der Waals surface area contributed by atoms with Crippen LogP contribution in [-0.4, -0.2) is 71.0 Å². The summed E-state index contributed by atoms with van der Waals surface area (Å²) in [7, 11) is 0. The second-order valence-electron chi connectivity index (χ2n) is 10.4. The highest BCUT2D eigenvalue weighted by atomic mass is 19.4. The fourth-order valence-electron chi connectivity index (χ4n) is 4.47. The molecule has 39 heavy (non-hydrogen) atoms. The number of likely N-dealkylation sites (tertiary alicyclic amines) is 1. The van der Waals surface area contributed by atoms with Crippen molar-refractivity contribution >= 4 is 23.6 Å². The molecule has 13 heteroatoms. The van der Waals surface area contributed by atoms with E-state index in [4.69, 9.17) is 5.11 Å². The number of carboxylic acid groups (broad SMARTS) is 1. The average Bonchev–Trinajstić information content (AvgIpc) is 3.32. The lowest BCUT2D eigenvalue weighted by Gasteiger charge is -2.32. The molecule has 2 rings (SSSR count). The molecule has 0 aliphatic carbocycles. The molecule has 2 amide bonds. The molecule has 3 N–H and O–H groups in total. The van der Waals surface area contributed by atoms with Crippen molar-refractivity contribution in [1.82, 2.24) is 15.5 Å². The largest absolute Gasteiger partial charge is 0.481 e.